The zero-order chi connectivity index (χ0) is 21.7. The molecule has 3 aromatic heterocycles. The van der Waals surface area contributed by atoms with E-state index in [2.05, 4.69) is 15.0 Å². The second-order valence-electron chi connectivity index (χ2n) is 7.11. The lowest BCUT2D eigenvalue weighted by molar-refractivity contribution is 0.696. The third-order valence-electron chi connectivity index (χ3n) is 5.15. The number of H-pyrrole nitrogens is 1. The molecule has 0 saturated heterocycles. The minimum absolute atomic E-state index is 0.318. The van der Waals surface area contributed by atoms with Gasteiger partial charge in [0, 0.05) is 19.1 Å². The number of aryl methyl sites for hydroxylation is 1. The van der Waals surface area contributed by atoms with Gasteiger partial charge in [0.2, 0.25) is 0 Å². The quantitative estimate of drug-likeness (QED) is 0.452. The molecule has 0 atom stereocenters. The van der Waals surface area contributed by atoms with Crippen LogP contribution in [0.4, 0.5) is 0 Å². The molecular formula is C21H17ClN6O2S. The van der Waals surface area contributed by atoms with Gasteiger partial charge in [0.1, 0.15) is 0 Å². The molecule has 0 bridgehead atoms. The second kappa shape index (κ2) is 7.44. The standard InChI is InChI=1S/C21H17ClN6O2S/c1-26-17-16(18(29)27(2)21(26)30)28(11-12-7-3-4-8-13(12)22)20(25-17)31-19-23-14-9-5-6-10-15(14)24-19/h3-10H,11H2,1-2H3,(H,23,24). The Hall–Kier alpha value is -3.30. The van der Waals surface area contributed by atoms with Crippen LogP contribution >= 0.6 is 23.4 Å². The summed E-state index contributed by atoms with van der Waals surface area (Å²) in [5, 5.41) is 1.76. The first-order valence-corrected chi connectivity index (χ1v) is 10.7. The van der Waals surface area contributed by atoms with E-state index in [0.717, 1.165) is 21.2 Å². The molecule has 0 amide bonds. The highest BCUT2D eigenvalue weighted by atomic mass is 35.5. The largest absolute Gasteiger partial charge is 0.333 e. The number of rotatable bonds is 4. The summed E-state index contributed by atoms with van der Waals surface area (Å²) in [5.74, 6) is 0. The van der Waals surface area contributed by atoms with Crippen molar-refractivity contribution in [3.05, 3.63) is 80.0 Å². The lowest BCUT2D eigenvalue weighted by Crippen LogP contribution is -2.37. The summed E-state index contributed by atoms with van der Waals surface area (Å²) in [6, 6.07) is 15.2. The molecule has 0 spiro atoms. The zero-order valence-corrected chi connectivity index (χ0v) is 18.2. The fraction of sp³-hybridized carbons (Fsp3) is 0.143. The molecule has 2 aromatic carbocycles. The Balaban J connectivity index is 1.73. The number of hydrogen-bond donors (Lipinski definition) is 1. The Labute approximate surface area is 185 Å². The highest BCUT2D eigenvalue weighted by molar-refractivity contribution is 7.99. The molecule has 1 N–H and O–H groups in total. The van der Waals surface area contributed by atoms with Gasteiger partial charge in [-0.05, 0) is 35.5 Å². The summed E-state index contributed by atoms with van der Waals surface area (Å²) in [6.45, 7) is 0.326. The number of nitrogens with zero attached hydrogens (tertiary/aromatic N) is 5. The topological polar surface area (TPSA) is 90.5 Å². The Morgan fingerprint density at radius 2 is 1.74 bits per heavy atom. The Morgan fingerprint density at radius 1 is 1.00 bits per heavy atom. The molecule has 0 aliphatic heterocycles. The molecule has 0 radical (unpaired) electrons. The van der Waals surface area contributed by atoms with Crippen LogP contribution in [-0.2, 0) is 20.6 Å². The van der Waals surface area contributed by atoms with E-state index >= 15 is 0 Å². The number of aromatic amines is 1. The molecule has 10 heteroatoms. The van der Waals surface area contributed by atoms with E-state index in [1.807, 2.05) is 42.5 Å². The zero-order valence-electron chi connectivity index (χ0n) is 16.7. The second-order valence-corrected chi connectivity index (χ2v) is 8.47. The van der Waals surface area contributed by atoms with Crippen molar-refractivity contribution in [2.75, 3.05) is 0 Å². The number of imidazole rings is 2. The molecule has 5 aromatic rings. The third-order valence-corrected chi connectivity index (χ3v) is 6.40. The van der Waals surface area contributed by atoms with Crippen LogP contribution in [0.1, 0.15) is 5.56 Å². The van der Waals surface area contributed by atoms with Crippen LogP contribution in [0.5, 0.6) is 0 Å². The van der Waals surface area contributed by atoms with Crippen LogP contribution < -0.4 is 11.2 Å². The summed E-state index contributed by atoms with van der Waals surface area (Å²) in [5.41, 5.74) is 2.39. The van der Waals surface area contributed by atoms with Crippen LogP contribution in [0.3, 0.4) is 0 Å². The van der Waals surface area contributed by atoms with Crippen molar-refractivity contribution in [2.45, 2.75) is 16.9 Å². The maximum absolute atomic E-state index is 13.0. The van der Waals surface area contributed by atoms with Crippen molar-refractivity contribution in [2.24, 2.45) is 14.1 Å². The maximum Gasteiger partial charge on any atom is 0.332 e. The third kappa shape index (κ3) is 3.26. The SMILES string of the molecule is Cn1c(=O)c2c(nc(Sc3nc4ccccc4[nH]3)n2Cc2ccccc2Cl)n(C)c1=O. The molecule has 0 fully saturated rings. The fourth-order valence-electron chi connectivity index (χ4n) is 3.51. The van der Waals surface area contributed by atoms with Crippen molar-refractivity contribution in [1.82, 2.24) is 28.7 Å². The van der Waals surface area contributed by atoms with Crippen LogP contribution in [0, 0.1) is 0 Å². The monoisotopic (exact) mass is 452 g/mol. The Bertz CT molecular complexity index is 1550. The lowest BCUT2D eigenvalue weighted by atomic mass is 10.2. The number of hydrogen-bond acceptors (Lipinski definition) is 5. The summed E-state index contributed by atoms with van der Waals surface area (Å²) in [4.78, 5) is 38.0. The van der Waals surface area contributed by atoms with Crippen molar-refractivity contribution in [1.29, 1.82) is 0 Å². The predicted octanol–water partition coefficient (Wildman–Crippen LogP) is 3.16. The van der Waals surface area contributed by atoms with Crippen LogP contribution in [0.15, 0.2) is 68.4 Å². The summed E-state index contributed by atoms with van der Waals surface area (Å²) < 4.78 is 4.25. The number of fused-ring (bicyclic) bond motifs is 2. The van der Waals surface area contributed by atoms with Crippen molar-refractivity contribution in [3.8, 4) is 0 Å². The van der Waals surface area contributed by atoms with Crippen LogP contribution in [0.25, 0.3) is 22.2 Å². The first-order valence-electron chi connectivity index (χ1n) is 9.46. The first kappa shape index (κ1) is 19.7. The fourth-order valence-corrected chi connectivity index (χ4v) is 4.58. The number of nitrogens with one attached hydrogen (secondary N) is 1. The van der Waals surface area contributed by atoms with Gasteiger partial charge in [-0.2, -0.15) is 0 Å². The average molecular weight is 453 g/mol. The van der Waals surface area contributed by atoms with Crippen LogP contribution in [0.2, 0.25) is 5.02 Å². The Morgan fingerprint density at radius 3 is 2.52 bits per heavy atom. The van der Waals surface area contributed by atoms with Gasteiger partial charge in [0.25, 0.3) is 5.56 Å². The number of para-hydroxylation sites is 2. The molecule has 31 heavy (non-hydrogen) atoms. The number of benzene rings is 2. The van der Waals surface area contributed by atoms with Gasteiger partial charge in [-0.3, -0.25) is 13.9 Å². The number of halogens is 1. The van der Waals surface area contributed by atoms with Gasteiger partial charge in [0.15, 0.2) is 21.5 Å². The highest BCUT2D eigenvalue weighted by Crippen LogP contribution is 2.30. The maximum atomic E-state index is 13.0. The van der Waals surface area contributed by atoms with Crippen molar-refractivity contribution >= 4 is 45.6 Å². The van der Waals surface area contributed by atoms with Crippen molar-refractivity contribution < 1.29 is 0 Å². The van der Waals surface area contributed by atoms with Crippen molar-refractivity contribution in [3.63, 3.8) is 0 Å². The number of aromatic nitrogens is 6. The molecule has 0 aliphatic rings. The van der Waals surface area contributed by atoms with E-state index < -0.39 is 11.2 Å². The van der Waals surface area contributed by atoms with E-state index in [1.54, 1.807) is 17.7 Å². The van der Waals surface area contributed by atoms with Gasteiger partial charge >= 0.3 is 5.69 Å². The molecule has 156 valence electrons. The van der Waals surface area contributed by atoms with Gasteiger partial charge in [0.05, 0.1) is 17.6 Å². The molecule has 3 heterocycles. The molecule has 8 nitrogen and oxygen atoms in total. The minimum Gasteiger partial charge on any atom is -0.333 e. The summed E-state index contributed by atoms with van der Waals surface area (Å²) >= 11 is 7.69. The van der Waals surface area contributed by atoms with E-state index in [0.29, 0.717) is 33.0 Å². The predicted molar refractivity (Wildman–Crippen MR) is 121 cm³/mol. The molecule has 5 rings (SSSR count). The molecular weight excluding hydrogens is 436 g/mol. The highest BCUT2D eigenvalue weighted by Gasteiger charge is 2.21. The van der Waals surface area contributed by atoms with E-state index in [4.69, 9.17) is 11.6 Å². The average Bonchev–Trinajstić information content (AvgIpc) is 3.33. The Kier molecular flexibility index (Phi) is 4.71. The normalized spacial score (nSPS) is 11.6. The van der Waals surface area contributed by atoms with E-state index in [9.17, 15) is 9.59 Å². The molecule has 0 saturated carbocycles. The van der Waals surface area contributed by atoms with E-state index in [1.165, 1.54) is 23.4 Å². The van der Waals surface area contributed by atoms with E-state index in [-0.39, 0.29) is 0 Å². The minimum atomic E-state index is -0.430. The summed E-state index contributed by atoms with van der Waals surface area (Å²) in [7, 11) is 3.07. The molecule has 0 aliphatic carbocycles. The lowest BCUT2D eigenvalue weighted by Gasteiger charge is -2.10. The van der Waals surface area contributed by atoms with Gasteiger partial charge in [-0.25, -0.2) is 14.8 Å². The first-order chi connectivity index (χ1) is 14.9. The molecule has 0 unspecified atom stereocenters. The smallest absolute Gasteiger partial charge is 0.332 e. The summed E-state index contributed by atoms with van der Waals surface area (Å²) in [6.07, 6.45) is 0. The van der Waals surface area contributed by atoms with Crippen LogP contribution in [-0.4, -0.2) is 28.7 Å². The van der Waals surface area contributed by atoms with Gasteiger partial charge < -0.3 is 9.55 Å². The van der Waals surface area contributed by atoms with Gasteiger partial charge in [-0.1, -0.05) is 41.9 Å². The van der Waals surface area contributed by atoms with Gasteiger partial charge in [-0.15, -0.1) is 0 Å².